The zero-order valence-electron chi connectivity index (χ0n) is 18.7. The molecule has 3 rings (SSSR count). The highest BCUT2D eigenvalue weighted by Crippen LogP contribution is 2.31. The standard InChI is InChI=1S/C21H30FN7O2/c1-6-29(7-2)21(30)25-16-13-23-26-19(16)20-24-15-11-14(22)18(12-17(15)28(20)5)31-10-8-9-27(3)4/h11-13H,6-10H2,1-5H3,(H,23,26)(H,25,30). The Morgan fingerprint density at radius 3 is 2.71 bits per heavy atom. The van der Waals surface area contributed by atoms with Gasteiger partial charge in [-0.2, -0.15) is 5.10 Å². The molecule has 1 aromatic carbocycles. The number of rotatable bonds is 9. The summed E-state index contributed by atoms with van der Waals surface area (Å²) in [6, 6.07) is 2.80. The average Bonchev–Trinajstić information content (AvgIpc) is 3.30. The molecule has 0 aliphatic rings. The number of amides is 2. The summed E-state index contributed by atoms with van der Waals surface area (Å²) in [6.07, 6.45) is 2.40. The highest BCUT2D eigenvalue weighted by molar-refractivity contribution is 5.93. The van der Waals surface area contributed by atoms with Gasteiger partial charge in [0.25, 0.3) is 0 Å². The normalized spacial score (nSPS) is 11.3. The Balaban J connectivity index is 1.87. The summed E-state index contributed by atoms with van der Waals surface area (Å²) in [6.45, 7) is 6.31. The molecule has 2 aromatic heterocycles. The quantitative estimate of drug-likeness (QED) is 0.507. The lowest BCUT2D eigenvalue weighted by molar-refractivity contribution is 0.217. The molecule has 168 valence electrons. The number of urea groups is 1. The van der Waals surface area contributed by atoms with E-state index in [2.05, 4.69) is 25.4 Å². The lowest BCUT2D eigenvalue weighted by Crippen LogP contribution is -2.34. The number of hydrogen-bond acceptors (Lipinski definition) is 5. The highest BCUT2D eigenvalue weighted by atomic mass is 19.1. The molecule has 0 fully saturated rings. The molecular formula is C21H30FN7O2. The Labute approximate surface area is 181 Å². The minimum absolute atomic E-state index is 0.192. The lowest BCUT2D eigenvalue weighted by atomic mass is 10.3. The van der Waals surface area contributed by atoms with Crippen molar-refractivity contribution in [3.63, 3.8) is 0 Å². The summed E-state index contributed by atoms with van der Waals surface area (Å²) in [4.78, 5) is 20.7. The van der Waals surface area contributed by atoms with E-state index in [0.717, 1.165) is 13.0 Å². The first-order valence-electron chi connectivity index (χ1n) is 10.4. The van der Waals surface area contributed by atoms with Crippen molar-refractivity contribution in [2.24, 2.45) is 7.05 Å². The smallest absolute Gasteiger partial charge is 0.321 e. The van der Waals surface area contributed by atoms with Gasteiger partial charge in [0.2, 0.25) is 0 Å². The number of ether oxygens (including phenoxy) is 1. The predicted octanol–water partition coefficient (Wildman–Crippen LogP) is 3.31. The van der Waals surface area contributed by atoms with Crippen molar-refractivity contribution < 1.29 is 13.9 Å². The van der Waals surface area contributed by atoms with Crippen molar-refractivity contribution in [1.29, 1.82) is 0 Å². The van der Waals surface area contributed by atoms with Gasteiger partial charge in [0, 0.05) is 45.0 Å². The van der Waals surface area contributed by atoms with Crippen LogP contribution < -0.4 is 10.1 Å². The molecule has 2 amide bonds. The van der Waals surface area contributed by atoms with Gasteiger partial charge in [0.05, 0.1) is 23.3 Å². The van der Waals surface area contributed by atoms with Crippen LogP contribution in [-0.2, 0) is 7.05 Å². The van der Waals surface area contributed by atoms with E-state index in [9.17, 15) is 9.18 Å². The van der Waals surface area contributed by atoms with Gasteiger partial charge in [0.15, 0.2) is 23.1 Å². The summed E-state index contributed by atoms with van der Waals surface area (Å²) < 4.78 is 22.0. The van der Waals surface area contributed by atoms with E-state index in [1.165, 1.54) is 6.07 Å². The predicted molar refractivity (Wildman–Crippen MR) is 119 cm³/mol. The highest BCUT2D eigenvalue weighted by Gasteiger charge is 2.20. The fraction of sp³-hybridized carbons (Fsp3) is 0.476. The van der Waals surface area contributed by atoms with Gasteiger partial charge in [-0.15, -0.1) is 0 Å². The van der Waals surface area contributed by atoms with Crippen molar-refractivity contribution in [2.75, 3.05) is 45.7 Å². The number of benzene rings is 1. The maximum Gasteiger partial charge on any atom is 0.321 e. The van der Waals surface area contributed by atoms with Gasteiger partial charge in [-0.25, -0.2) is 14.2 Å². The van der Waals surface area contributed by atoms with E-state index in [4.69, 9.17) is 4.74 Å². The molecule has 10 heteroatoms. The van der Waals surface area contributed by atoms with Crippen LogP contribution in [0.5, 0.6) is 5.75 Å². The number of aryl methyl sites for hydroxylation is 1. The van der Waals surface area contributed by atoms with Crippen LogP contribution in [-0.4, -0.2) is 75.9 Å². The zero-order chi connectivity index (χ0) is 22.5. The van der Waals surface area contributed by atoms with Crippen LogP contribution >= 0.6 is 0 Å². The van der Waals surface area contributed by atoms with Gasteiger partial charge >= 0.3 is 6.03 Å². The van der Waals surface area contributed by atoms with Gasteiger partial charge in [-0.05, 0) is 34.4 Å². The molecule has 3 aromatic rings. The minimum Gasteiger partial charge on any atom is -0.490 e. The minimum atomic E-state index is -0.459. The molecule has 0 bridgehead atoms. The molecule has 0 aliphatic carbocycles. The number of aromatic nitrogens is 4. The fourth-order valence-electron chi connectivity index (χ4n) is 3.34. The Kier molecular flexibility index (Phi) is 7.11. The van der Waals surface area contributed by atoms with E-state index in [1.54, 1.807) is 17.2 Å². The van der Waals surface area contributed by atoms with Crippen molar-refractivity contribution >= 4 is 22.8 Å². The second kappa shape index (κ2) is 9.78. The zero-order valence-corrected chi connectivity index (χ0v) is 18.7. The first kappa shape index (κ1) is 22.5. The Morgan fingerprint density at radius 2 is 2.03 bits per heavy atom. The monoisotopic (exact) mass is 431 g/mol. The van der Waals surface area contributed by atoms with Crippen LogP contribution in [0.15, 0.2) is 18.3 Å². The number of H-pyrrole nitrogens is 1. The van der Waals surface area contributed by atoms with Gasteiger partial charge in [0.1, 0.15) is 0 Å². The van der Waals surface area contributed by atoms with Gasteiger partial charge in [-0.3, -0.25) is 5.10 Å². The summed E-state index contributed by atoms with van der Waals surface area (Å²) in [5.41, 5.74) is 2.19. The van der Waals surface area contributed by atoms with Crippen molar-refractivity contribution in [1.82, 2.24) is 29.5 Å². The third-order valence-corrected chi connectivity index (χ3v) is 5.09. The third-order valence-electron chi connectivity index (χ3n) is 5.09. The lowest BCUT2D eigenvalue weighted by Gasteiger charge is -2.18. The number of aromatic amines is 1. The number of nitrogens with zero attached hydrogens (tertiary/aromatic N) is 5. The van der Waals surface area contributed by atoms with Crippen LogP contribution in [0.25, 0.3) is 22.6 Å². The number of carbonyl (C=O) groups excluding carboxylic acids is 1. The Hall–Kier alpha value is -3.14. The summed E-state index contributed by atoms with van der Waals surface area (Å²) in [5, 5.41) is 9.90. The second-order valence-electron chi connectivity index (χ2n) is 7.52. The number of fused-ring (bicyclic) bond motifs is 1. The molecule has 0 saturated carbocycles. The van der Waals surface area contributed by atoms with E-state index < -0.39 is 5.82 Å². The van der Waals surface area contributed by atoms with Crippen molar-refractivity contribution in [3.8, 4) is 17.3 Å². The molecule has 0 unspecified atom stereocenters. The molecule has 2 N–H and O–H groups in total. The molecule has 0 atom stereocenters. The van der Waals surface area contributed by atoms with E-state index in [0.29, 0.717) is 47.9 Å². The number of imidazole rings is 1. The first-order chi connectivity index (χ1) is 14.8. The van der Waals surface area contributed by atoms with E-state index in [-0.39, 0.29) is 11.8 Å². The van der Waals surface area contributed by atoms with E-state index >= 15 is 0 Å². The molecule has 31 heavy (non-hydrogen) atoms. The molecule has 9 nitrogen and oxygen atoms in total. The SMILES string of the molecule is CCN(CC)C(=O)Nc1c[nH]nc1-c1nc2cc(F)c(OCCCN(C)C)cc2n1C. The number of hydrogen-bond donors (Lipinski definition) is 2. The topological polar surface area (TPSA) is 91.3 Å². The Morgan fingerprint density at radius 1 is 1.29 bits per heavy atom. The molecule has 2 heterocycles. The largest absolute Gasteiger partial charge is 0.490 e. The molecule has 0 spiro atoms. The van der Waals surface area contributed by atoms with Crippen LogP contribution in [0.4, 0.5) is 14.9 Å². The van der Waals surface area contributed by atoms with Crippen molar-refractivity contribution in [3.05, 3.63) is 24.1 Å². The fourth-order valence-corrected chi connectivity index (χ4v) is 3.34. The number of halogens is 1. The molecular weight excluding hydrogens is 401 g/mol. The Bertz CT molecular complexity index is 1040. The van der Waals surface area contributed by atoms with E-state index in [1.807, 2.05) is 39.6 Å². The number of carbonyl (C=O) groups is 1. The summed E-state index contributed by atoms with van der Waals surface area (Å²) in [7, 11) is 5.79. The maximum atomic E-state index is 14.5. The van der Waals surface area contributed by atoms with Gasteiger partial charge < -0.3 is 24.4 Å². The average molecular weight is 432 g/mol. The molecule has 0 saturated heterocycles. The van der Waals surface area contributed by atoms with Crippen molar-refractivity contribution in [2.45, 2.75) is 20.3 Å². The number of nitrogens with one attached hydrogen (secondary N) is 2. The van der Waals surface area contributed by atoms with Crippen LogP contribution in [0.1, 0.15) is 20.3 Å². The second-order valence-corrected chi connectivity index (χ2v) is 7.52. The maximum absolute atomic E-state index is 14.5. The number of anilines is 1. The van der Waals surface area contributed by atoms with Crippen LogP contribution in [0, 0.1) is 5.82 Å². The summed E-state index contributed by atoms with van der Waals surface area (Å²) in [5.74, 6) is 0.243. The van der Waals surface area contributed by atoms with Crippen LogP contribution in [0.3, 0.4) is 0 Å². The van der Waals surface area contributed by atoms with Crippen LogP contribution in [0.2, 0.25) is 0 Å². The molecule has 0 radical (unpaired) electrons. The first-order valence-corrected chi connectivity index (χ1v) is 10.4. The third kappa shape index (κ3) is 4.96. The van der Waals surface area contributed by atoms with Gasteiger partial charge in [-0.1, -0.05) is 0 Å². The summed E-state index contributed by atoms with van der Waals surface area (Å²) >= 11 is 0. The molecule has 0 aliphatic heterocycles.